The molecule has 0 bridgehead atoms. The predicted molar refractivity (Wildman–Crippen MR) is 53.1 cm³/mol. The second-order valence-electron chi connectivity index (χ2n) is 3.91. The Morgan fingerprint density at radius 3 is 3.14 bits per heavy atom. The minimum absolute atomic E-state index is 0.0852. The fraction of sp³-hybridized carbons (Fsp3) is 0.625. The van der Waals surface area contributed by atoms with Crippen molar-refractivity contribution in [3.05, 3.63) is 11.3 Å². The third kappa shape index (κ3) is 1.31. The molecule has 0 radical (unpaired) electrons. The number of aryl methyl sites for hydroxylation is 1. The van der Waals surface area contributed by atoms with Gasteiger partial charge >= 0.3 is 0 Å². The summed E-state index contributed by atoms with van der Waals surface area (Å²) in [5.74, 6) is 0.929. The Labute approximate surface area is 84.9 Å². The van der Waals surface area contributed by atoms with Gasteiger partial charge in [0.15, 0.2) is 5.82 Å². The quantitative estimate of drug-likeness (QED) is 0.804. The zero-order valence-corrected chi connectivity index (χ0v) is 8.50. The molecule has 2 N–H and O–H groups in total. The average Bonchev–Trinajstić information content (AvgIpc) is 2.65. The van der Waals surface area contributed by atoms with Crippen molar-refractivity contribution in [2.75, 3.05) is 0 Å². The van der Waals surface area contributed by atoms with Gasteiger partial charge in [-0.15, -0.1) is 10.2 Å². The SMILES string of the molecule is NC1(CCc2nnc3scnn23)CC1. The van der Waals surface area contributed by atoms with Crippen LogP contribution in [0, 0.1) is 0 Å². The molecular weight excluding hydrogens is 198 g/mol. The lowest BCUT2D eigenvalue weighted by Gasteiger charge is -2.04. The van der Waals surface area contributed by atoms with E-state index in [1.165, 1.54) is 11.3 Å². The second kappa shape index (κ2) is 2.74. The first-order chi connectivity index (χ1) is 6.77. The lowest BCUT2D eigenvalue weighted by Crippen LogP contribution is -2.22. The fourth-order valence-electron chi connectivity index (χ4n) is 1.53. The summed E-state index contributed by atoms with van der Waals surface area (Å²) < 4.78 is 1.80. The van der Waals surface area contributed by atoms with Crippen molar-refractivity contribution in [1.82, 2.24) is 19.8 Å². The number of aromatic nitrogens is 4. The molecule has 1 aliphatic rings. The molecule has 2 aromatic heterocycles. The van der Waals surface area contributed by atoms with Gasteiger partial charge in [0.05, 0.1) is 0 Å². The minimum atomic E-state index is 0.0852. The maximum absolute atomic E-state index is 6.01. The van der Waals surface area contributed by atoms with Gasteiger partial charge in [0, 0.05) is 12.0 Å². The van der Waals surface area contributed by atoms with Crippen molar-refractivity contribution in [2.24, 2.45) is 5.73 Å². The van der Waals surface area contributed by atoms with Crippen molar-refractivity contribution < 1.29 is 0 Å². The largest absolute Gasteiger partial charge is 0.325 e. The Hall–Kier alpha value is -1.01. The lowest BCUT2D eigenvalue weighted by molar-refractivity contribution is 0.588. The highest BCUT2D eigenvalue weighted by atomic mass is 32.1. The highest BCUT2D eigenvalue weighted by molar-refractivity contribution is 7.14. The summed E-state index contributed by atoms with van der Waals surface area (Å²) in [6.45, 7) is 0. The van der Waals surface area contributed by atoms with E-state index in [-0.39, 0.29) is 5.54 Å². The number of fused-ring (bicyclic) bond motifs is 1. The van der Waals surface area contributed by atoms with Crippen molar-refractivity contribution in [3.8, 4) is 0 Å². The Morgan fingerprint density at radius 2 is 2.36 bits per heavy atom. The fourth-order valence-corrected chi connectivity index (χ4v) is 2.11. The molecule has 1 aliphatic carbocycles. The predicted octanol–water partition coefficient (Wildman–Crippen LogP) is 0.610. The van der Waals surface area contributed by atoms with Crippen LogP contribution in [0.4, 0.5) is 0 Å². The summed E-state index contributed by atoms with van der Waals surface area (Å²) in [6.07, 6.45) is 4.16. The first kappa shape index (κ1) is 8.31. The second-order valence-corrected chi connectivity index (χ2v) is 4.72. The van der Waals surface area contributed by atoms with Gasteiger partial charge in [-0.2, -0.15) is 9.61 Å². The van der Waals surface area contributed by atoms with Crippen LogP contribution in [0.25, 0.3) is 4.96 Å². The molecule has 14 heavy (non-hydrogen) atoms. The molecule has 1 fully saturated rings. The van der Waals surface area contributed by atoms with Crippen molar-refractivity contribution >= 4 is 16.3 Å². The molecule has 2 heterocycles. The first-order valence-corrected chi connectivity index (χ1v) is 5.57. The number of hydrogen-bond acceptors (Lipinski definition) is 5. The van der Waals surface area contributed by atoms with Gasteiger partial charge in [-0.05, 0) is 19.3 Å². The molecule has 0 atom stereocenters. The standard InChI is InChI=1S/C8H11N5S/c9-8(3-4-8)2-1-6-11-12-7-13(6)10-5-14-7/h5H,1-4,9H2. The van der Waals surface area contributed by atoms with E-state index in [1.807, 2.05) is 0 Å². The van der Waals surface area contributed by atoms with Gasteiger partial charge in [-0.1, -0.05) is 11.3 Å². The minimum Gasteiger partial charge on any atom is -0.325 e. The molecule has 0 unspecified atom stereocenters. The topological polar surface area (TPSA) is 69.1 Å². The summed E-state index contributed by atoms with van der Waals surface area (Å²) in [6, 6.07) is 0. The molecule has 0 saturated heterocycles. The summed E-state index contributed by atoms with van der Waals surface area (Å²) >= 11 is 1.50. The highest BCUT2D eigenvalue weighted by Gasteiger charge is 2.37. The van der Waals surface area contributed by atoms with Gasteiger partial charge in [0.1, 0.15) is 5.51 Å². The molecule has 0 spiro atoms. The van der Waals surface area contributed by atoms with Crippen molar-refractivity contribution in [2.45, 2.75) is 31.2 Å². The molecule has 0 amide bonds. The van der Waals surface area contributed by atoms with Crippen LogP contribution < -0.4 is 5.73 Å². The van der Waals surface area contributed by atoms with E-state index in [1.54, 1.807) is 10.0 Å². The van der Waals surface area contributed by atoms with Gasteiger partial charge in [0.25, 0.3) is 0 Å². The smallest absolute Gasteiger partial charge is 0.234 e. The summed E-state index contributed by atoms with van der Waals surface area (Å²) in [7, 11) is 0. The maximum atomic E-state index is 6.01. The van der Waals surface area contributed by atoms with E-state index >= 15 is 0 Å². The third-order valence-corrected chi connectivity index (χ3v) is 3.40. The van der Waals surface area contributed by atoms with Gasteiger partial charge < -0.3 is 5.73 Å². The number of rotatable bonds is 3. The van der Waals surface area contributed by atoms with E-state index in [9.17, 15) is 0 Å². The normalized spacial score (nSPS) is 18.9. The first-order valence-electron chi connectivity index (χ1n) is 4.70. The van der Waals surface area contributed by atoms with E-state index < -0.39 is 0 Å². The zero-order chi connectivity index (χ0) is 9.60. The lowest BCUT2D eigenvalue weighted by atomic mass is 10.1. The maximum Gasteiger partial charge on any atom is 0.234 e. The molecule has 74 valence electrons. The Balaban J connectivity index is 1.81. The van der Waals surface area contributed by atoms with E-state index in [0.717, 1.165) is 36.5 Å². The third-order valence-electron chi connectivity index (χ3n) is 2.74. The van der Waals surface area contributed by atoms with Crippen LogP contribution in [-0.2, 0) is 6.42 Å². The van der Waals surface area contributed by atoms with Gasteiger partial charge in [-0.25, -0.2) is 0 Å². The van der Waals surface area contributed by atoms with Crippen LogP contribution in [0.1, 0.15) is 25.1 Å². The van der Waals surface area contributed by atoms with Crippen LogP contribution in [0.5, 0.6) is 0 Å². The molecular formula is C8H11N5S. The van der Waals surface area contributed by atoms with Crippen LogP contribution in [0.15, 0.2) is 5.51 Å². The Morgan fingerprint density at radius 1 is 1.50 bits per heavy atom. The van der Waals surface area contributed by atoms with Gasteiger partial charge in [-0.3, -0.25) is 0 Å². The molecule has 2 aromatic rings. The molecule has 3 rings (SSSR count). The van der Waals surface area contributed by atoms with Crippen molar-refractivity contribution in [1.29, 1.82) is 0 Å². The summed E-state index contributed by atoms with van der Waals surface area (Å²) in [5, 5.41) is 12.3. The summed E-state index contributed by atoms with van der Waals surface area (Å²) in [4.78, 5) is 0.863. The Kier molecular flexibility index (Phi) is 1.63. The van der Waals surface area contributed by atoms with Crippen LogP contribution >= 0.6 is 11.3 Å². The van der Waals surface area contributed by atoms with E-state index in [2.05, 4.69) is 15.3 Å². The van der Waals surface area contributed by atoms with Crippen LogP contribution in [0.2, 0.25) is 0 Å². The number of nitrogens with zero attached hydrogens (tertiary/aromatic N) is 4. The van der Waals surface area contributed by atoms with E-state index in [4.69, 9.17) is 5.73 Å². The number of nitrogens with two attached hydrogens (primary N) is 1. The molecule has 0 aliphatic heterocycles. The zero-order valence-electron chi connectivity index (χ0n) is 7.68. The average molecular weight is 209 g/mol. The molecule has 1 saturated carbocycles. The van der Waals surface area contributed by atoms with Crippen LogP contribution in [-0.4, -0.2) is 25.4 Å². The summed E-state index contributed by atoms with van der Waals surface area (Å²) in [5.41, 5.74) is 7.87. The Bertz CT molecular complexity index is 455. The number of hydrogen-bond donors (Lipinski definition) is 1. The monoisotopic (exact) mass is 209 g/mol. The molecule has 6 heteroatoms. The molecule has 0 aromatic carbocycles. The van der Waals surface area contributed by atoms with Gasteiger partial charge in [0.2, 0.25) is 4.96 Å². The van der Waals surface area contributed by atoms with Crippen LogP contribution in [0.3, 0.4) is 0 Å². The molecule has 5 nitrogen and oxygen atoms in total. The highest BCUT2D eigenvalue weighted by Crippen LogP contribution is 2.36. The van der Waals surface area contributed by atoms with E-state index in [0.29, 0.717) is 0 Å². The van der Waals surface area contributed by atoms with Crippen molar-refractivity contribution in [3.63, 3.8) is 0 Å².